The molecular formula is C31H37NO5. The lowest BCUT2D eigenvalue weighted by atomic mass is 9.72. The van der Waals surface area contributed by atoms with Gasteiger partial charge < -0.3 is 29.0 Å². The number of ether oxygens (including phenoxy) is 4. The van der Waals surface area contributed by atoms with E-state index < -0.39 is 5.60 Å². The quantitative estimate of drug-likeness (QED) is 0.424. The largest absolute Gasteiger partial charge is 0.492 e. The summed E-state index contributed by atoms with van der Waals surface area (Å²) in [5.41, 5.74) is 1.23. The molecule has 6 heteroatoms. The van der Waals surface area contributed by atoms with Crippen LogP contribution in [0.15, 0.2) is 66.7 Å². The van der Waals surface area contributed by atoms with E-state index in [0.717, 1.165) is 73.0 Å². The van der Waals surface area contributed by atoms with Gasteiger partial charge in [0.2, 0.25) is 0 Å². The standard InChI is InChI=1S/C31H37NO5/c1-4-27-26-7-5-6-8-29(26)37-30-21-25(35-20-17-32(2)3)13-14-28(30)31(27,33)22-9-11-23(12-10-22)36-24-15-18-34-19-16-24/h5-14,21,24,27,33H,4,15-20H2,1-3H3. The average molecular weight is 504 g/mol. The van der Waals surface area contributed by atoms with Crippen LogP contribution < -0.4 is 14.2 Å². The van der Waals surface area contributed by atoms with Crippen molar-refractivity contribution >= 4 is 0 Å². The maximum absolute atomic E-state index is 12.6. The lowest BCUT2D eigenvalue weighted by Gasteiger charge is -2.36. The molecule has 6 nitrogen and oxygen atoms in total. The zero-order valence-corrected chi connectivity index (χ0v) is 22.0. The van der Waals surface area contributed by atoms with Crippen LogP contribution in [0.2, 0.25) is 0 Å². The number of fused-ring (bicyclic) bond motifs is 2. The minimum absolute atomic E-state index is 0.163. The molecular weight excluding hydrogens is 466 g/mol. The molecule has 0 bridgehead atoms. The van der Waals surface area contributed by atoms with Crippen LogP contribution in [0.4, 0.5) is 0 Å². The molecule has 0 spiro atoms. The summed E-state index contributed by atoms with van der Waals surface area (Å²) in [4.78, 5) is 2.08. The number of hydrogen-bond acceptors (Lipinski definition) is 6. The van der Waals surface area contributed by atoms with E-state index in [0.29, 0.717) is 12.4 Å². The third kappa shape index (κ3) is 5.33. The van der Waals surface area contributed by atoms with Crippen molar-refractivity contribution < 1.29 is 24.1 Å². The molecule has 0 aliphatic carbocycles. The van der Waals surface area contributed by atoms with Gasteiger partial charge in [-0.15, -0.1) is 0 Å². The lowest BCUT2D eigenvalue weighted by Crippen LogP contribution is -2.34. The van der Waals surface area contributed by atoms with Gasteiger partial charge in [-0.1, -0.05) is 37.3 Å². The van der Waals surface area contributed by atoms with Gasteiger partial charge >= 0.3 is 0 Å². The first-order valence-corrected chi connectivity index (χ1v) is 13.2. The maximum Gasteiger partial charge on any atom is 0.137 e. The normalized spacial score (nSPS) is 21.5. The molecule has 0 radical (unpaired) electrons. The molecule has 1 fully saturated rings. The van der Waals surface area contributed by atoms with Gasteiger partial charge in [-0.25, -0.2) is 0 Å². The van der Waals surface area contributed by atoms with E-state index in [1.165, 1.54) is 0 Å². The third-order valence-corrected chi connectivity index (χ3v) is 7.36. The summed E-state index contributed by atoms with van der Waals surface area (Å²) in [6.45, 7) is 4.96. The predicted octanol–water partition coefficient (Wildman–Crippen LogP) is 5.72. The van der Waals surface area contributed by atoms with Crippen LogP contribution in [0.3, 0.4) is 0 Å². The Morgan fingerprint density at radius 3 is 2.41 bits per heavy atom. The first kappa shape index (κ1) is 25.6. The Bertz CT molecular complexity index is 1190. The van der Waals surface area contributed by atoms with E-state index in [-0.39, 0.29) is 12.0 Å². The van der Waals surface area contributed by atoms with E-state index in [1.807, 2.05) is 74.8 Å². The summed E-state index contributed by atoms with van der Waals surface area (Å²) >= 11 is 0. The van der Waals surface area contributed by atoms with Crippen LogP contribution in [-0.2, 0) is 10.3 Å². The van der Waals surface area contributed by atoms with E-state index in [4.69, 9.17) is 18.9 Å². The summed E-state index contributed by atoms with van der Waals surface area (Å²) in [5, 5.41) is 12.6. The highest BCUT2D eigenvalue weighted by atomic mass is 16.5. The Labute approximate surface area is 219 Å². The van der Waals surface area contributed by atoms with Crippen LogP contribution in [0.25, 0.3) is 0 Å². The highest BCUT2D eigenvalue weighted by molar-refractivity contribution is 5.57. The molecule has 1 saturated heterocycles. The summed E-state index contributed by atoms with van der Waals surface area (Å²) in [7, 11) is 4.04. The van der Waals surface area contributed by atoms with Gasteiger partial charge in [-0.2, -0.15) is 0 Å². The van der Waals surface area contributed by atoms with E-state index in [9.17, 15) is 5.11 Å². The van der Waals surface area contributed by atoms with Gasteiger partial charge in [0.05, 0.1) is 13.2 Å². The summed E-state index contributed by atoms with van der Waals surface area (Å²) in [6, 6.07) is 21.7. The number of likely N-dealkylation sites (N-methyl/N-ethyl adjacent to an activating group) is 1. The summed E-state index contributed by atoms with van der Waals surface area (Å²) in [5.74, 6) is 2.69. The van der Waals surface area contributed by atoms with Gasteiger partial charge in [0, 0.05) is 42.5 Å². The van der Waals surface area contributed by atoms with Crippen molar-refractivity contribution in [2.75, 3.05) is 40.5 Å². The molecule has 2 aliphatic rings. The molecule has 0 amide bonds. The predicted molar refractivity (Wildman–Crippen MR) is 144 cm³/mol. The van der Waals surface area contributed by atoms with E-state index in [2.05, 4.69) is 17.9 Å². The van der Waals surface area contributed by atoms with Crippen LogP contribution in [-0.4, -0.2) is 56.6 Å². The van der Waals surface area contributed by atoms with Crippen molar-refractivity contribution in [2.45, 2.75) is 43.8 Å². The smallest absolute Gasteiger partial charge is 0.137 e. The first-order chi connectivity index (χ1) is 18.0. The van der Waals surface area contributed by atoms with Crippen LogP contribution >= 0.6 is 0 Å². The SMILES string of the molecule is CCC1c2ccccc2Oc2cc(OCCN(C)C)ccc2C1(O)c1ccc(OC2CCOCC2)cc1. The molecule has 1 N–H and O–H groups in total. The molecule has 2 unspecified atom stereocenters. The monoisotopic (exact) mass is 503 g/mol. The van der Waals surface area contributed by atoms with Gasteiger partial charge in [0.15, 0.2) is 0 Å². The van der Waals surface area contributed by atoms with Crippen LogP contribution in [0.1, 0.15) is 48.8 Å². The Morgan fingerprint density at radius 2 is 1.68 bits per heavy atom. The second-order valence-corrected chi connectivity index (χ2v) is 10.1. The molecule has 3 aromatic rings. The number of hydrogen-bond donors (Lipinski definition) is 1. The Kier molecular flexibility index (Phi) is 7.70. The molecule has 2 aliphatic heterocycles. The maximum atomic E-state index is 12.6. The topological polar surface area (TPSA) is 60.4 Å². The molecule has 37 heavy (non-hydrogen) atoms. The molecule has 2 atom stereocenters. The molecule has 0 saturated carbocycles. The van der Waals surface area contributed by atoms with Gasteiger partial charge in [-0.3, -0.25) is 0 Å². The number of para-hydroxylation sites is 1. The average Bonchev–Trinajstić information content (AvgIpc) is 3.01. The number of benzene rings is 3. The number of rotatable bonds is 8. The third-order valence-electron chi connectivity index (χ3n) is 7.36. The molecule has 0 aromatic heterocycles. The molecule has 5 rings (SSSR count). The number of nitrogens with zero attached hydrogens (tertiary/aromatic N) is 1. The van der Waals surface area contributed by atoms with Crippen LogP contribution in [0, 0.1) is 0 Å². The lowest BCUT2D eigenvalue weighted by molar-refractivity contribution is 0.0254. The fraction of sp³-hybridized carbons (Fsp3) is 0.419. The fourth-order valence-corrected chi connectivity index (χ4v) is 5.38. The van der Waals surface area contributed by atoms with E-state index in [1.54, 1.807) is 0 Å². The Morgan fingerprint density at radius 1 is 0.946 bits per heavy atom. The second-order valence-electron chi connectivity index (χ2n) is 10.1. The number of aliphatic hydroxyl groups is 1. The molecule has 196 valence electrons. The zero-order chi connectivity index (χ0) is 25.8. The highest BCUT2D eigenvalue weighted by Crippen LogP contribution is 2.53. The Hall–Kier alpha value is -3.06. The van der Waals surface area contributed by atoms with Crippen molar-refractivity contribution in [3.05, 3.63) is 83.4 Å². The zero-order valence-electron chi connectivity index (χ0n) is 22.0. The minimum atomic E-state index is -1.30. The van der Waals surface area contributed by atoms with Crippen molar-refractivity contribution in [1.29, 1.82) is 0 Å². The summed E-state index contributed by atoms with van der Waals surface area (Å²) < 4.78 is 24.1. The molecule has 2 heterocycles. The van der Waals surface area contributed by atoms with Gasteiger partial charge in [-0.05, 0) is 56.4 Å². The van der Waals surface area contributed by atoms with E-state index >= 15 is 0 Å². The summed E-state index contributed by atoms with van der Waals surface area (Å²) in [6.07, 6.45) is 2.68. The van der Waals surface area contributed by atoms with Gasteiger partial charge in [0.25, 0.3) is 0 Å². The van der Waals surface area contributed by atoms with Crippen molar-refractivity contribution in [1.82, 2.24) is 4.90 Å². The minimum Gasteiger partial charge on any atom is -0.492 e. The molecule has 3 aromatic carbocycles. The van der Waals surface area contributed by atoms with Crippen LogP contribution in [0.5, 0.6) is 23.0 Å². The highest BCUT2D eigenvalue weighted by Gasteiger charge is 2.45. The van der Waals surface area contributed by atoms with Gasteiger partial charge in [0.1, 0.15) is 41.3 Å². The van der Waals surface area contributed by atoms with Crippen molar-refractivity contribution in [3.63, 3.8) is 0 Å². The van der Waals surface area contributed by atoms with Crippen molar-refractivity contribution in [3.8, 4) is 23.0 Å². The second kappa shape index (κ2) is 11.1. The first-order valence-electron chi connectivity index (χ1n) is 13.2. The Balaban J connectivity index is 1.53. The fourth-order valence-electron chi connectivity index (χ4n) is 5.38. The van der Waals surface area contributed by atoms with Crippen molar-refractivity contribution in [2.24, 2.45) is 0 Å².